The van der Waals surface area contributed by atoms with Gasteiger partial charge < -0.3 is 15.4 Å². The number of thiazole rings is 1. The summed E-state index contributed by atoms with van der Waals surface area (Å²) in [6.07, 6.45) is 0.380. The average molecular weight is 446 g/mol. The molecule has 2 rings (SSSR count). The topological polar surface area (TPSA) is 87.6 Å². The lowest BCUT2D eigenvalue weighted by molar-refractivity contribution is 0.0636. The van der Waals surface area contributed by atoms with Gasteiger partial charge in [-0.25, -0.2) is 9.78 Å². The van der Waals surface area contributed by atoms with Crippen molar-refractivity contribution in [2.45, 2.75) is 65.5 Å². The SMILES string of the molecule is CN=C(NCCc1ccc(NC(=O)OC(C)(C)C)cc1)NCc1nc(C(C)(C)C)cs1. The Kier molecular flexibility index (Phi) is 8.44. The Bertz CT molecular complexity index is 877. The predicted molar refractivity (Wildman–Crippen MR) is 129 cm³/mol. The number of hydrogen-bond acceptors (Lipinski definition) is 5. The molecular weight excluding hydrogens is 410 g/mol. The zero-order chi connectivity index (χ0) is 23.1. The normalized spacial score (nSPS) is 12.4. The van der Waals surface area contributed by atoms with Crippen molar-refractivity contribution in [3.63, 3.8) is 0 Å². The third kappa shape index (κ3) is 8.96. The van der Waals surface area contributed by atoms with Gasteiger partial charge in [0.1, 0.15) is 10.6 Å². The number of nitrogens with one attached hydrogen (secondary N) is 3. The molecule has 3 N–H and O–H groups in total. The number of aliphatic imine (C=N–C) groups is 1. The second-order valence-corrected chi connectivity index (χ2v) is 10.2. The molecule has 0 aliphatic rings. The highest BCUT2D eigenvalue weighted by Crippen LogP contribution is 2.23. The Morgan fingerprint density at radius 2 is 1.77 bits per heavy atom. The second kappa shape index (κ2) is 10.6. The lowest BCUT2D eigenvalue weighted by Gasteiger charge is -2.19. The van der Waals surface area contributed by atoms with Crippen molar-refractivity contribution in [2.24, 2.45) is 4.99 Å². The molecule has 0 unspecified atom stereocenters. The Morgan fingerprint density at radius 3 is 2.32 bits per heavy atom. The fraction of sp³-hybridized carbons (Fsp3) is 0.522. The van der Waals surface area contributed by atoms with Gasteiger partial charge in [0.15, 0.2) is 5.96 Å². The zero-order valence-electron chi connectivity index (χ0n) is 19.6. The van der Waals surface area contributed by atoms with Crippen molar-refractivity contribution in [3.05, 3.63) is 45.9 Å². The van der Waals surface area contributed by atoms with E-state index in [1.165, 1.54) is 0 Å². The van der Waals surface area contributed by atoms with Crippen LogP contribution in [-0.4, -0.2) is 36.2 Å². The first-order valence-corrected chi connectivity index (χ1v) is 11.3. The highest BCUT2D eigenvalue weighted by atomic mass is 32.1. The summed E-state index contributed by atoms with van der Waals surface area (Å²) in [4.78, 5) is 20.8. The number of hydrogen-bond donors (Lipinski definition) is 3. The quantitative estimate of drug-likeness (QED) is 0.443. The summed E-state index contributed by atoms with van der Waals surface area (Å²) >= 11 is 1.66. The molecule has 1 amide bonds. The van der Waals surface area contributed by atoms with Gasteiger partial charge in [-0.2, -0.15) is 0 Å². The van der Waals surface area contributed by atoms with E-state index < -0.39 is 11.7 Å². The Morgan fingerprint density at radius 1 is 1.10 bits per heavy atom. The van der Waals surface area contributed by atoms with Gasteiger partial charge in [-0.3, -0.25) is 10.3 Å². The largest absolute Gasteiger partial charge is 0.444 e. The molecule has 7 nitrogen and oxygen atoms in total. The van der Waals surface area contributed by atoms with Gasteiger partial charge in [0.05, 0.1) is 12.2 Å². The van der Waals surface area contributed by atoms with E-state index in [0.29, 0.717) is 12.2 Å². The summed E-state index contributed by atoms with van der Waals surface area (Å²) < 4.78 is 5.26. The molecule has 1 aromatic heterocycles. The second-order valence-electron chi connectivity index (χ2n) is 9.30. The molecule has 31 heavy (non-hydrogen) atoms. The fourth-order valence-electron chi connectivity index (χ4n) is 2.62. The molecule has 0 saturated carbocycles. The molecule has 2 aromatic rings. The van der Waals surface area contributed by atoms with Crippen LogP contribution in [-0.2, 0) is 23.1 Å². The standard InChI is InChI=1S/C23H35N5O2S/c1-22(2,3)18-15-31-19(28-18)14-26-20(24-7)25-13-12-16-8-10-17(11-9-16)27-21(29)30-23(4,5)6/h8-11,15H,12-14H2,1-7H3,(H,27,29)(H2,24,25,26). The van der Waals surface area contributed by atoms with Crippen LogP contribution in [0.15, 0.2) is 34.6 Å². The van der Waals surface area contributed by atoms with E-state index in [2.05, 4.69) is 47.1 Å². The number of guanidine groups is 1. The van der Waals surface area contributed by atoms with Crippen molar-refractivity contribution in [3.8, 4) is 0 Å². The minimum Gasteiger partial charge on any atom is -0.444 e. The predicted octanol–water partition coefficient (Wildman–Crippen LogP) is 4.70. The zero-order valence-corrected chi connectivity index (χ0v) is 20.4. The molecule has 0 radical (unpaired) electrons. The van der Waals surface area contributed by atoms with Crippen LogP contribution >= 0.6 is 11.3 Å². The average Bonchev–Trinajstić information content (AvgIpc) is 3.14. The van der Waals surface area contributed by atoms with Crippen LogP contribution in [0.4, 0.5) is 10.5 Å². The number of nitrogens with zero attached hydrogens (tertiary/aromatic N) is 2. The van der Waals surface area contributed by atoms with Crippen LogP contribution in [0.2, 0.25) is 0 Å². The molecule has 0 aliphatic heterocycles. The summed E-state index contributed by atoms with van der Waals surface area (Å²) in [5, 5.41) is 12.5. The van der Waals surface area contributed by atoms with Gasteiger partial charge in [0.2, 0.25) is 0 Å². The van der Waals surface area contributed by atoms with Crippen LogP contribution in [0.3, 0.4) is 0 Å². The van der Waals surface area contributed by atoms with Crippen LogP contribution in [0, 0.1) is 0 Å². The van der Waals surface area contributed by atoms with E-state index in [9.17, 15) is 4.79 Å². The van der Waals surface area contributed by atoms with Crippen LogP contribution in [0.25, 0.3) is 0 Å². The molecule has 0 fully saturated rings. The minimum absolute atomic E-state index is 0.0621. The van der Waals surface area contributed by atoms with E-state index in [-0.39, 0.29) is 5.41 Å². The molecule has 1 heterocycles. The summed E-state index contributed by atoms with van der Waals surface area (Å²) in [5.74, 6) is 0.746. The molecular formula is C23H35N5O2S. The summed E-state index contributed by atoms with van der Waals surface area (Å²) in [6, 6.07) is 7.74. The summed E-state index contributed by atoms with van der Waals surface area (Å²) in [7, 11) is 1.76. The molecule has 170 valence electrons. The van der Waals surface area contributed by atoms with Gasteiger partial charge >= 0.3 is 6.09 Å². The van der Waals surface area contributed by atoms with Gasteiger partial charge in [-0.1, -0.05) is 32.9 Å². The van der Waals surface area contributed by atoms with Crippen molar-refractivity contribution < 1.29 is 9.53 Å². The van der Waals surface area contributed by atoms with Crippen molar-refractivity contribution in [1.82, 2.24) is 15.6 Å². The van der Waals surface area contributed by atoms with E-state index in [4.69, 9.17) is 9.72 Å². The van der Waals surface area contributed by atoms with Gasteiger partial charge in [-0.05, 0) is 44.9 Å². The van der Waals surface area contributed by atoms with Gasteiger partial charge in [-0.15, -0.1) is 11.3 Å². The lowest BCUT2D eigenvalue weighted by atomic mass is 9.93. The summed E-state index contributed by atoms with van der Waals surface area (Å²) in [5.41, 5.74) is 2.53. The third-order valence-electron chi connectivity index (χ3n) is 4.26. The first kappa shape index (κ1) is 24.7. The first-order chi connectivity index (χ1) is 14.5. The highest BCUT2D eigenvalue weighted by Gasteiger charge is 2.17. The maximum Gasteiger partial charge on any atom is 0.412 e. The first-order valence-electron chi connectivity index (χ1n) is 10.4. The lowest BCUT2D eigenvalue weighted by Crippen LogP contribution is -2.37. The smallest absolute Gasteiger partial charge is 0.412 e. The third-order valence-corrected chi connectivity index (χ3v) is 5.10. The number of anilines is 1. The fourth-order valence-corrected chi connectivity index (χ4v) is 3.58. The van der Waals surface area contributed by atoms with Crippen LogP contribution in [0.1, 0.15) is 57.8 Å². The molecule has 8 heteroatoms. The molecule has 0 atom stereocenters. The monoisotopic (exact) mass is 445 g/mol. The number of ether oxygens (including phenoxy) is 1. The molecule has 0 spiro atoms. The number of carbonyl (C=O) groups excluding carboxylic acids is 1. The maximum atomic E-state index is 11.8. The number of benzene rings is 1. The Hall–Kier alpha value is -2.61. The Labute approximate surface area is 189 Å². The minimum atomic E-state index is -0.517. The van der Waals surface area contributed by atoms with Gasteiger partial charge in [0, 0.05) is 30.1 Å². The number of carbonyl (C=O) groups is 1. The molecule has 0 bridgehead atoms. The van der Waals surface area contributed by atoms with Crippen molar-refractivity contribution in [2.75, 3.05) is 18.9 Å². The van der Waals surface area contributed by atoms with Crippen molar-refractivity contribution >= 4 is 29.1 Å². The van der Waals surface area contributed by atoms with Gasteiger partial charge in [0.25, 0.3) is 0 Å². The van der Waals surface area contributed by atoms with E-state index in [1.807, 2.05) is 45.0 Å². The summed E-state index contributed by atoms with van der Waals surface area (Å²) in [6.45, 7) is 13.4. The van der Waals surface area contributed by atoms with Crippen molar-refractivity contribution in [1.29, 1.82) is 0 Å². The number of aromatic nitrogens is 1. The Balaban J connectivity index is 1.76. The maximum absolute atomic E-state index is 11.8. The van der Waals surface area contributed by atoms with Crippen LogP contribution < -0.4 is 16.0 Å². The number of rotatable bonds is 6. The molecule has 1 aromatic carbocycles. The number of amides is 1. The van der Waals surface area contributed by atoms with E-state index in [1.54, 1.807) is 18.4 Å². The molecule has 0 aliphatic carbocycles. The van der Waals surface area contributed by atoms with Crippen LogP contribution in [0.5, 0.6) is 0 Å². The van der Waals surface area contributed by atoms with E-state index >= 15 is 0 Å². The van der Waals surface area contributed by atoms with E-state index in [0.717, 1.165) is 35.2 Å². The molecule has 0 saturated heterocycles. The highest BCUT2D eigenvalue weighted by molar-refractivity contribution is 7.09.